The zero-order valence-corrected chi connectivity index (χ0v) is 11.2. The molecule has 0 amide bonds. The number of halogens is 3. The lowest BCUT2D eigenvalue weighted by Gasteiger charge is -2.19. The van der Waals surface area contributed by atoms with E-state index in [1.807, 2.05) is 0 Å². The molecule has 2 atom stereocenters. The molecule has 6 heteroatoms. The summed E-state index contributed by atoms with van der Waals surface area (Å²) >= 11 is 0. The van der Waals surface area contributed by atoms with Gasteiger partial charge in [0.15, 0.2) is 0 Å². The summed E-state index contributed by atoms with van der Waals surface area (Å²) < 4.78 is 45.6. The Labute approximate surface area is 116 Å². The van der Waals surface area contributed by atoms with Gasteiger partial charge >= 0.3 is 6.36 Å². The van der Waals surface area contributed by atoms with Gasteiger partial charge in [-0.2, -0.15) is 0 Å². The van der Waals surface area contributed by atoms with Crippen LogP contribution in [-0.4, -0.2) is 25.6 Å². The van der Waals surface area contributed by atoms with Crippen LogP contribution in [0.4, 0.5) is 13.2 Å². The zero-order valence-electron chi connectivity index (χ0n) is 11.2. The van der Waals surface area contributed by atoms with E-state index in [0.29, 0.717) is 12.5 Å². The predicted octanol–water partition coefficient (Wildman–Crippen LogP) is 3.10. The smallest absolute Gasteiger partial charge is 0.406 e. The van der Waals surface area contributed by atoms with Crippen molar-refractivity contribution in [3.05, 3.63) is 29.8 Å². The summed E-state index contributed by atoms with van der Waals surface area (Å²) in [7, 11) is 0. The molecule has 1 aromatic carbocycles. The first kappa shape index (κ1) is 15.1. The van der Waals surface area contributed by atoms with E-state index in [-0.39, 0.29) is 11.8 Å². The van der Waals surface area contributed by atoms with Gasteiger partial charge in [-0.05, 0) is 37.0 Å². The Kier molecular flexibility index (Phi) is 4.88. The van der Waals surface area contributed by atoms with Gasteiger partial charge in [-0.15, -0.1) is 13.2 Å². The van der Waals surface area contributed by atoms with Crippen LogP contribution < -0.4 is 10.1 Å². The van der Waals surface area contributed by atoms with Gasteiger partial charge < -0.3 is 14.8 Å². The van der Waals surface area contributed by atoms with Crippen molar-refractivity contribution in [1.82, 2.24) is 5.32 Å². The molecule has 0 bridgehead atoms. The number of benzene rings is 1. The minimum atomic E-state index is -4.65. The van der Waals surface area contributed by atoms with Crippen molar-refractivity contribution in [3.8, 4) is 5.75 Å². The SMILES string of the molecule is CC(NCc1cccc(OC(F)(F)F)c1)C1CCOC1. The number of ether oxygens (including phenoxy) is 2. The van der Waals surface area contributed by atoms with Crippen molar-refractivity contribution < 1.29 is 22.6 Å². The molecular weight excluding hydrogens is 271 g/mol. The molecule has 0 spiro atoms. The van der Waals surface area contributed by atoms with Gasteiger partial charge in [0.25, 0.3) is 0 Å². The highest BCUT2D eigenvalue weighted by Gasteiger charge is 2.31. The molecule has 2 unspecified atom stereocenters. The maximum absolute atomic E-state index is 12.1. The van der Waals surface area contributed by atoms with Gasteiger partial charge in [-0.1, -0.05) is 12.1 Å². The third-order valence-corrected chi connectivity index (χ3v) is 3.43. The molecule has 0 saturated carbocycles. The molecule has 1 aliphatic rings. The molecule has 1 aliphatic heterocycles. The largest absolute Gasteiger partial charge is 0.573 e. The van der Waals surface area contributed by atoms with Crippen LogP contribution >= 0.6 is 0 Å². The number of hydrogen-bond donors (Lipinski definition) is 1. The second-order valence-corrected chi connectivity index (χ2v) is 4.99. The Morgan fingerprint density at radius 2 is 2.25 bits per heavy atom. The maximum Gasteiger partial charge on any atom is 0.573 e. The first-order chi connectivity index (χ1) is 9.44. The molecule has 0 radical (unpaired) electrons. The molecule has 1 N–H and O–H groups in total. The minimum absolute atomic E-state index is 0.186. The highest BCUT2D eigenvalue weighted by Crippen LogP contribution is 2.23. The van der Waals surface area contributed by atoms with Crippen LogP contribution in [0.15, 0.2) is 24.3 Å². The lowest BCUT2D eigenvalue weighted by atomic mass is 10.0. The third kappa shape index (κ3) is 4.68. The van der Waals surface area contributed by atoms with Gasteiger partial charge in [0, 0.05) is 19.2 Å². The molecule has 2 rings (SSSR count). The minimum Gasteiger partial charge on any atom is -0.406 e. The van der Waals surface area contributed by atoms with E-state index in [4.69, 9.17) is 4.74 Å². The molecule has 1 saturated heterocycles. The molecule has 1 heterocycles. The molecule has 1 fully saturated rings. The van der Waals surface area contributed by atoms with Crippen LogP contribution in [0.3, 0.4) is 0 Å². The average molecular weight is 289 g/mol. The second-order valence-electron chi connectivity index (χ2n) is 4.99. The molecule has 112 valence electrons. The maximum atomic E-state index is 12.1. The summed E-state index contributed by atoms with van der Waals surface area (Å²) in [4.78, 5) is 0. The monoisotopic (exact) mass is 289 g/mol. The van der Waals surface area contributed by atoms with E-state index >= 15 is 0 Å². The highest BCUT2D eigenvalue weighted by molar-refractivity contribution is 5.28. The van der Waals surface area contributed by atoms with Gasteiger partial charge in [-0.3, -0.25) is 0 Å². The van der Waals surface area contributed by atoms with E-state index in [0.717, 1.165) is 25.2 Å². The van der Waals surface area contributed by atoms with Crippen molar-refractivity contribution in [2.24, 2.45) is 5.92 Å². The van der Waals surface area contributed by atoms with Crippen molar-refractivity contribution >= 4 is 0 Å². The van der Waals surface area contributed by atoms with Crippen LogP contribution in [0, 0.1) is 5.92 Å². The summed E-state index contributed by atoms with van der Waals surface area (Å²) in [6, 6.07) is 6.30. The Morgan fingerprint density at radius 3 is 2.90 bits per heavy atom. The molecule has 0 aliphatic carbocycles. The van der Waals surface area contributed by atoms with E-state index in [1.165, 1.54) is 12.1 Å². The van der Waals surface area contributed by atoms with Gasteiger partial charge in [-0.25, -0.2) is 0 Å². The van der Waals surface area contributed by atoms with Crippen LogP contribution in [0.5, 0.6) is 5.75 Å². The standard InChI is InChI=1S/C14H18F3NO2/c1-10(12-5-6-19-9-12)18-8-11-3-2-4-13(7-11)20-14(15,16)17/h2-4,7,10,12,18H,5-6,8-9H2,1H3. The lowest BCUT2D eigenvalue weighted by molar-refractivity contribution is -0.274. The first-order valence-electron chi connectivity index (χ1n) is 6.60. The molecule has 20 heavy (non-hydrogen) atoms. The van der Waals surface area contributed by atoms with Gasteiger partial charge in [0.05, 0.1) is 6.61 Å². The van der Waals surface area contributed by atoms with E-state index < -0.39 is 6.36 Å². The summed E-state index contributed by atoms with van der Waals surface area (Å²) in [5, 5.41) is 3.31. The predicted molar refractivity (Wildman–Crippen MR) is 68.4 cm³/mol. The van der Waals surface area contributed by atoms with E-state index in [9.17, 15) is 13.2 Å². The molecule has 0 aromatic heterocycles. The fraction of sp³-hybridized carbons (Fsp3) is 0.571. The highest BCUT2D eigenvalue weighted by atomic mass is 19.4. The van der Waals surface area contributed by atoms with Gasteiger partial charge in [0.1, 0.15) is 5.75 Å². The van der Waals surface area contributed by atoms with Gasteiger partial charge in [0.2, 0.25) is 0 Å². The van der Waals surface area contributed by atoms with Crippen molar-refractivity contribution in [1.29, 1.82) is 0 Å². The number of alkyl halides is 3. The van der Waals surface area contributed by atoms with Crippen molar-refractivity contribution in [3.63, 3.8) is 0 Å². The Balaban J connectivity index is 1.87. The van der Waals surface area contributed by atoms with Crippen LogP contribution in [0.2, 0.25) is 0 Å². The Morgan fingerprint density at radius 1 is 1.45 bits per heavy atom. The fourth-order valence-electron chi connectivity index (χ4n) is 2.25. The van der Waals surface area contributed by atoms with Crippen LogP contribution in [-0.2, 0) is 11.3 Å². The zero-order chi connectivity index (χ0) is 14.6. The average Bonchev–Trinajstić information content (AvgIpc) is 2.88. The van der Waals surface area contributed by atoms with Crippen LogP contribution in [0.1, 0.15) is 18.9 Å². The van der Waals surface area contributed by atoms with Crippen molar-refractivity contribution in [2.75, 3.05) is 13.2 Å². The molecule has 1 aromatic rings. The topological polar surface area (TPSA) is 30.5 Å². The Hall–Kier alpha value is -1.27. The summed E-state index contributed by atoms with van der Waals surface area (Å²) in [5.41, 5.74) is 0.762. The normalized spacial score (nSPS) is 20.9. The fourth-order valence-corrected chi connectivity index (χ4v) is 2.25. The summed E-state index contributed by atoms with van der Waals surface area (Å²) in [6.07, 6.45) is -3.63. The Bertz CT molecular complexity index is 431. The lowest BCUT2D eigenvalue weighted by Crippen LogP contribution is -2.33. The number of rotatable bonds is 5. The van der Waals surface area contributed by atoms with Crippen LogP contribution in [0.25, 0.3) is 0 Å². The number of hydrogen-bond acceptors (Lipinski definition) is 3. The summed E-state index contributed by atoms with van der Waals surface area (Å²) in [5.74, 6) is 0.276. The van der Waals surface area contributed by atoms with Crippen molar-refractivity contribution in [2.45, 2.75) is 32.3 Å². The number of nitrogens with one attached hydrogen (secondary N) is 1. The quantitative estimate of drug-likeness (QED) is 0.903. The summed E-state index contributed by atoms with van der Waals surface area (Å²) in [6.45, 7) is 4.10. The first-order valence-corrected chi connectivity index (χ1v) is 6.60. The molecule has 3 nitrogen and oxygen atoms in total. The third-order valence-electron chi connectivity index (χ3n) is 3.43. The second kappa shape index (κ2) is 6.45. The van der Waals surface area contributed by atoms with E-state index in [1.54, 1.807) is 12.1 Å². The van der Waals surface area contributed by atoms with E-state index in [2.05, 4.69) is 17.0 Å². The molecular formula is C14H18F3NO2.